The van der Waals surface area contributed by atoms with Crippen LogP contribution in [0.5, 0.6) is 0 Å². The van der Waals surface area contributed by atoms with Gasteiger partial charge >= 0.3 is 0 Å². The van der Waals surface area contributed by atoms with Crippen LogP contribution in [0.1, 0.15) is 42.6 Å². The zero-order valence-corrected chi connectivity index (χ0v) is 15.0. The largest absolute Gasteiger partial charge is 0.345 e. The molecule has 6 nitrogen and oxygen atoms in total. The number of imidazole rings is 1. The van der Waals surface area contributed by atoms with Crippen molar-refractivity contribution in [1.29, 1.82) is 0 Å². The Labute approximate surface area is 147 Å². The van der Waals surface area contributed by atoms with Gasteiger partial charge in [0.05, 0.1) is 29.5 Å². The number of aromatic nitrogens is 4. The molecule has 3 rings (SSSR count). The van der Waals surface area contributed by atoms with Crippen LogP contribution in [0.4, 0.5) is 0 Å². The molecule has 0 spiro atoms. The van der Waals surface area contributed by atoms with Crippen LogP contribution >= 0.6 is 0 Å². The molecule has 0 bridgehead atoms. The molecule has 2 N–H and O–H groups in total. The maximum Gasteiger partial charge on any atom is 0.255 e. The van der Waals surface area contributed by atoms with Crippen LogP contribution in [0.2, 0.25) is 0 Å². The lowest BCUT2D eigenvalue weighted by molar-refractivity contribution is 0.0950. The fraction of sp³-hybridized carbons (Fsp3) is 0.316. The van der Waals surface area contributed by atoms with Crippen molar-refractivity contribution in [1.82, 2.24) is 25.1 Å². The third kappa shape index (κ3) is 3.63. The van der Waals surface area contributed by atoms with Gasteiger partial charge < -0.3 is 10.3 Å². The third-order valence-electron chi connectivity index (χ3n) is 3.87. The van der Waals surface area contributed by atoms with Crippen LogP contribution < -0.4 is 5.32 Å². The van der Waals surface area contributed by atoms with Crippen molar-refractivity contribution in [2.24, 2.45) is 0 Å². The number of benzene rings is 1. The quantitative estimate of drug-likeness (QED) is 0.767. The molecular formula is C19H23N5O. The molecule has 130 valence electrons. The van der Waals surface area contributed by atoms with Crippen LogP contribution in [0, 0.1) is 6.92 Å². The van der Waals surface area contributed by atoms with Gasteiger partial charge in [0.15, 0.2) is 0 Å². The number of hydrogen-bond donors (Lipinski definition) is 2. The highest BCUT2D eigenvalue weighted by Crippen LogP contribution is 2.28. The summed E-state index contributed by atoms with van der Waals surface area (Å²) in [7, 11) is 0. The molecule has 0 aliphatic carbocycles. The first-order valence-electron chi connectivity index (χ1n) is 8.29. The van der Waals surface area contributed by atoms with Crippen LogP contribution in [0.3, 0.4) is 0 Å². The number of nitrogens with zero attached hydrogens (tertiary/aromatic N) is 3. The number of carbonyl (C=O) groups excluding carboxylic acids is 1. The number of aryl methyl sites for hydroxylation is 1. The summed E-state index contributed by atoms with van der Waals surface area (Å²) in [6, 6.07) is 9.86. The average molecular weight is 337 g/mol. The van der Waals surface area contributed by atoms with Crippen molar-refractivity contribution < 1.29 is 4.79 Å². The zero-order valence-electron chi connectivity index (χ0n) is 15.0. The fourth-order valence-corrected chi connectivity index (χ4v) is 2.71. The molecule has 0 fully saturated rings. The summed E-state index contributed by atoms with van der Waals surface area (Å²) in [6.07, 6.45) is 3.38. The number of aromatic amines is 1. The Balaban J connectivity index is 1.93. The molecule has 0 atom stereocenters. The number of amides is 1. The number of rotatable bonds is 4. The fourth-order valence-electron chi connectivity index (χ4n) is 2.71. The lowest BCUT2D eigenvalue weighted by Crippen LogP contribution is -2.26. The Morgan fingerprint density at radius 2 is 1.92 bits per heavy atom. The molecule has 0 radical (unpaired) electrons. The second kappa shape index (κ2) is 6.55. The van der Waals surface area contributed by atoms with E-state index in [9.17, 15) is 4.79 Å². The molecule has 0 saturated heterocycles. The summed E-state index contributed by atoms with van der Waals surface area (Å²) in [6.45, 7) is 8.49. The second-order valence-corrected chi connectivity index (χ2v) is 7.05. The number of H-pyrrole nitrogens is 1. The maximum absolute atomic E-state index is 12.8. The Hall–Kier alpha value is -2.89. The summed E-state index contributed by atoms with van der Waals surface area (Å²) < 4.78 is 1.90. The topological polar surface area (TPSA) is 75.6 Å². The van der Waals surface area contributed by atoms with Gasteiger partial charge in [-0.3, -0.25) is 9.48 Å². The lowest BCUT2D eigenvalue weighted by atomic mass is 10.0. The smallest absolute Gasteiger partial charge is 0.255 e. The normalized spacial score (nSPS) is 11.5. The minimum absolute atomic E-state index is 0.164. The summed E-state index contributed by atoms with van der Waals surface area (Å²) in [4.78, 5) is 20.1. The molecule has 2 aromatic heterocycles. The molecular weight excluding hydrogens is 314 g/mol. The van der Waals surface area contributed by atoms with Crippen molar-refractivity contribution >= 4 is 5.91 Å². The Bertz CT molecular complexity index is 871. The molecule has 25 heavy (non-hydrogen) atoms. The Morgan fingerprint density at radius 1 is 1.20 bits per heavy atom. The van der Waals surface area contributed by atoms with Crippen molar-refractivity contribution in [3.63, 3.8) is 0 Å². The minimum Gasteiger partial charge on any atom is -0.345 e. The van der Waals surface area contributed by atoms with Crippen LogP contribution in [0.15, 0.2) is 42.7 Å². The summed E-state index contributed by atoms with van der Waals surface area (Å²) in [5.74, 6) is 0.568. The third-order valence-corrected chi connectivity index (χ3v) is 3.87. The van der Waals surface area contributed by atoms with Gasteiger partial charge in [0.2, 0.25) is 0 Å². The molecule has 0 saturated carbocycles. The van der Waals surface area contributed by atoms with E-state index >= 15 is 0 Å². The first-order valence-corrected chi connectivity index (χ1v) is 8.29. The van der Waals surface area contributed by atoms with Crippen LogP contribution in [0.25, 0.3) is 11.3 Å². The van der Waals surface area contributed by atoms with E-state index in [2.05, 4.69) is 41.2 Å². The van der Waals surface area contributed by atoms with Crippen molar-refractivity contribution in [3.05, 3.63) is 59.8 Å². The van der Waals surface area contributed by atoms with Gasteiger partial charge in [-0.2, -0.15) is 5.10 Å². The van der Waals surface area contributed by atoms with E-state index in [1.165, 1.54) is 0 Å². The first kappa shape index (κ1) is 17.0. The number of hydrogen-bond acceptors (Lipinski definition) is 3. The molecule has 6 heteroatoms. The lowest BCUT2D eigenvalue weighted by Gasteiger charge is -2.23. The molecule has 1 amide bonds. The Morgan fingerprint density at radius 3 is 2.52 bits per heavy atom. The van der Waals surface area contributed by atoms with E-state index in [4.69, 9.17) is 0 Å². The van der Waals surface area contributed by atoms with Gasteiger partial charge in [-0.1, -0.05) is 30.3 Å². The van der Waals surface area contributed by atoms with E-state index in [1.54, 1.807) is 12.4 Å². The van der Waals surface area contributed by atoms with Gasteiger partial charge in [-0.15, -0.1) is 0 Å². The van der Waals surface area contributed by atoms with Gasteiger partial charge in [0.25, 0.3) is 5.91 Å². The van der Waals surface area contributed by atoms with Crippen molar-refractivity contribution in [3.8, 4) is 11.3 Å². The highest BCUT2D eigenvalue weighted by Gasteiger charge is 2.25. The summed E-state index contributed by atoms with van der Waals surface area (Å²) in [5, 5.41) is 7.39. The van der Waals surface area contributed by atoms with Gasteiger partial charge in [-0.05, 0) is 27.7 Å². The average Bonchev–Trinajstić information content (AvgIpc) is 3.19. The van der Waals surface area contributed by atoms with Gasteiger partial charge in [-0.25, -0.2) is 4.98 Å². The molecule has 1 aromatic carbocycles. The van der Waals surface area contributed by atoms with Gasteiger partial charge in [0, 0.05) is 17.5 Å². The molecule has 0 aliphatic rings. The van der Waals surface area contributed by atoms with Crippen LogP contribution in [-0.4, -0.2) is 25.7 Å². The van der Waals surface area contributed by atoms with E-state index in [0.29, 0.717) is 12.1 Å². The predicted octanol–water partition coefficient (Wildman–Crippen LogP) is 3.27. The minimum atomic E-state index is -0.234. The van der Waals surface area contributed by atoms with Crippen LogP contribution in [-0.2, 0) is 12.1 Å². The maximum atomic E-state index is 12.8. The standard InChI is InChI=1S/C19H23N5O/c1-13-10-20-16(23-13)12-21-18(25)15-11-22-24(19(2,3)4)17(15)14-8-6-5-7-9-14/h5-11H,12H2,1-4H3,(H,20,23)(H,21,25). The molecule has 2 heterocycles. The summed E-state index contributed by atoms with van der Waals surface area (Å²) >= 11 is 0. The Kier molecular flexibility index (Phi) is 4.44. The highest BCUT2D eigenvalue weighted by atomic mass is 16.1. The zero-order chi connectivity index (χ0) is 18.0. The highest BCUT2D eigenvalue weighted by molar-refractivity contribution is 5.99. The molecule has 0 aliphatic heterocycles. The van der Waals surface area contributed by atoms with E-state index < -0.39 is 0 Å². The van der Waals surface area contributed by atoms with Crippen molar-refractivity contribution in [2.45, 2.75) is 39.8 Å². The number of nitrogens with one attached hydrogen (secondary N) is 2. The van der Waals surface area contributed by atoms with Crippen molar-refractivity contribution in [2.75, 3.05) is 0 Å². The van der Waals surface area contributed by atoms with E-state index in [-0.39, 0.29) is 11.4 Å². The van der Waals surface area contributed by atoms with Gasteiger partial charge in [0.1, 0.15) is 5.82 Å². The SMILES string of the molecule is Cc1cnc(CNC(=O)c2cnn(C(C)(C)C)c2-c2ccccc2)[nH]1. The number of carbonyl (C=O) groups is 1. The molecule has 0 unspecified atom stereocenters. The monoisotopic (exact) mass is 337 g/mol. The first-order chi connectivity index (χ1) is 11.9. The van der Waals surface area contributed by atoms with E-state index in [0.717, 1.165) is 22.8 Å². The molecule has 3 aromatic rings. The second-order valence-electron chi connectivity index (χ2n) is 7.05. The summed E-state index contributed by atoms with van der Waals surface area (Å²) in [5.41, 5.74) is 3.08. The van der Waals surface area contributed by atoms with E-state index in [1.807, 2.05) is 41.9 Å². The predicted molar refractivity (Wildman–Crippen MR) is 97.2 cm³/mol.